The Hall–Kier alpha value is -0.180. The predicted molar refractivity (Wildman–Crippen MR) is 27.8 cm³/mol. The summed E-state index contributed by atoms with van der Waals surface area (Å²) in [6.07, 6.45) is 1.58. The molecule has 0 atom stereocenters. The summed E-state index contributed by atoms with van der Waals surface area (Å²) in [4.78, 5) is 10.2. The Morgan fingerprint density at radius 2 is 2.57 bits per heavy atom. The molecule has 1 saturated heterocycles. The fourth-order valence-electron chi connectivity index (χ4n) is 0.424. The van der Waals surface area contributed by atoms with Gasteiger partial charge < -0.3 is 4.18 Å². The van der Waals surface area contributed by atoms with Crippen molar-refractivity contribution in [1.29, 1.82) is 0 Å². The Morgan fingerprint density at radius 1 is 1.71 bits per heavy atom. The van der Waals surface area contributed by atoms with E-state index in [1.807, 2.05) is 0 Å². The van der Waals surface area contributed by atoms with E-state index in [0.29, 0.717) is 6.42 Å². The molecule has 0 saturated carbocycles. The van der Waals surface area contributed by atoms with E-state index in [9.17, 15) is 4.79 Å². The molecule has 0 aromatic heterocycles. The molecule has 0 radical (unpaired) electrons. The molecule has 1 aliphatic rings. The fourth-order valence-corrected chi connectivity index (χ4v) is 0.985. The van der Waals surface area contributed by atoms with Crippen molar-refractivity contribution >= 4 is 18.0 Å². The Balaban J connectivity index is 2.25. The largest absolute Gasteiger partial charge is 0.391 e. The summed E-state index contributed by atoms with van der Waals surface area (Å²) in [5.74, 6) is 0.891. The first-order chi connectivity index (χ1) is 3.39. The van der Waals surface area contributed by atoms with Crippen LogP contribution in [0.5, 0.6) is 0 Å². The molecule has 0 N–H and O–H groups in total. The quantitative estimate of drug-likeness (QED) is 0.443. The molecule has 3 heteroatoms. The zero-order valence-corrected chi connectivity index (χ0v) is 4.66. The lowest BCUT2D eigenvalue weighted by atomic mass is 10.3. The van der Waals surface area contributed by atoms with E-state index in [1.54, 1.807) is 0 Å². The lowest BCUT2D eigenvalue weighted by molar-refractivity contribution is -0.133. The lowest BCUT2D eigenvalue weighted by Crippen LogP contribution is -2.04. The Kier molecular flexibility index (Phi) is 1.57. The van der Waals surface area contributed by atoms with Crippen LogP contribution >= 0.6 is 12.0 Å². The van der Waals surface area contributed by atoms with Crippen LogP contribution in [-0.4, -0.2) is 11.7 Å². The summed E-state index contributed by atoms with van der Waals surface area (Å²) < 4.78 is 4.56. The van der Waals surface area contributed by atoms with E-state index < -0.39 is 0 Å². The van der Waals surface area contributed by atoms with Crippen molar-refractivity contribution in [2.75, 3.05) is 5.75 Å². The van der Waals surface area contributed by atoms with E-state index in [4.69, 9.17) is 0 Å². The number of hydrogen-bond acceptors (Lipinski definition) is 3. The first kappa shape index (κ1) is 4.97. The second-order valence-corrected chi connectivity index (χ2v) is 2.19. The van der Waals surface area contributed by atoms with E-state index in [1.165, 1.54) is 12.0 Å². The molecule has 0 unspecified atom stereocenters. The van der Waals surface area contributed by atoms with Gasteiger partial charge in [-0.15, -0.1) is 0 Å². The van der Waals surface area contributed by atoms with Crippen molar-refractivity contribution in [2.45, 2.75) is 12.8 Å². The second kappa shape index (κ2) is 2.21. The minimum atomic E-state index is -0.0729. The van der Waals surface area contributed by atoms with Gasteiger partial charge in [0.1, 0.15) is 0 Å². The Labute approximate surface area is 46.4 Å². The van der Waals surface area contributed by atoms with Gasteiger partial charge >= 0.3 is 5.97 Å². The Bertz CT molecular complexity index is 73.8. The molecule has 0 amide bonds. The molecule has 40 valence electrons. The summed E-state index contributed by atoms with van der Waals surface area (Å²) in [6.45, 7) is 0. The van der Waals surface area contributed by atoms with Crippen molar-refractivity contribution in [3.8, 4) is 0 Å². The third kappa shape index (κ3) is 1.39. The van der Waals surface area contributed by atoms with Gasteiger partial charge in [-0.05, 0) is 6.42 Å². The number of rotatable bonds is 0. The maximum atomic E-state index is 10.2. The molecule has 1 fully saturated rings. The molecule has 2 nitrogen and oxygen atoms in total. The van der Waals surface area contributed by atoms with Gasteiger partial charge in [-0.3, -0.25) is 4.79 Å². The van der Waals surface area contributed by atoms with Crippen molar-refractivity contribution in [3.63, 3.8) is 0 Å². The zero-order valence-electron chi connectivity index (χ0n) is 3.85. The van der Waals surface area contributed by atoms with Crippen LogP contribution in [0.2, 0.25) is 0 Å². The highest BCUT2D eigenvalue weighted by Crippen LogP contribution is 2.14. The summed E-state index contributed by atoms with van der Waals surface area (Å²) in [7, 11) is 0. The average Bonchev–Trinajstić information content (AvgIpc) is 1.69. The van der Waals surface area contributed by atoms with E-state index in [2.05, 4.69) is 4.18 Å². The van der Waals surface area contributed by atoms with Gasteiger partial charge in [0.15, 0.2) is 0 Å². The zero-order chi connectivity index (χ0) is 5.11. The first-order valence-electron chi connectivity index (χ1n) is 2.22. The van der Waals surface area contributed by atoms with Crippen molar-refractivity contribution < 1.29 is 8.98 Å². The van der Waals surface area contributed by atoms with E-state index >= 15 is 0 Å². The molecule has 0 spiro atoms. The molecule has 1 heterocycles. The SMILES string of the molecule is O=C1CCCSO1. The first-order valence-corrected chi connectivity index (χ1v) is 3.13. The molecular weight excluding hydrogens is 112 g/mol. The van der Waals surface area contributed by atoms with Gasteiger partial charge in [-0.25, -0.2) is 0 Å². The van der Waals surface area contributed by atoms with Gasteiger partial charge in [0.05, 0.1) is 12.0 Å². The Morgan fingerprint density at radius 3 is 2.86 bits per heavy atom. The minimum Gasteiger partial charge on any atom is -0.391 e. The molecule has 1 rings (SSSR count). The fraction of sp³-hybridized carbons (Fsp3) is 0.750. The smallest absolute Gasteiger partial charge is 0.317 e. The van der Waals surface area contributed by atoms with Crippen LogP contribution in [0.3, 0.4) is 0 Å². The monoisotopic (exact) mass is 118 g/mol. The molecule has 0 aliphatic carbocycles. The maximum Gasteiger partial charge on any atom is 0.317 e. The normalized spacial score (nSPS) is 21.4. The van der Waals surface area contributed by atoms with Crippen LogP contribution in [0.1, 0.15) is 12.8 Å². The molecular formula is C4H6O2S. The standard InChI is InChI=1S/C4H6O2S/c5-4-2-1-3-7-6-4/h1-3H2. The topological polar surface area (TPSA) is 26.3 Å². The molecule has 0 aromatic carbocycles. The van der Waals surface area contributed by atoms with Gasteiger partial charge in [0, 0.05) is 12.2 Å². The van der Waals surface area contributed by atoms with Crippen LogP contribution in [0.25, 0.3) is 0 Å². The van der Waals surface area contributed by atoms with Crippen LogP contribution < -0.4 is 0 Å². The number of hydrogen-bond donors (Lipinski definition) is 0. The molecule has 0 aromatic rings. The molecule has 0 bridgehead atoms. The third-order valence-corrected chi connectivity index (χ3v) is 1.52. The highest BCUT2D eigenvalue weighted by atomic mass is 32.2. The highest BCUT2D eigenvalue weighted by molar-refractivity contribution is 7.95. The summed E-state index contributed by atoms with van der Waals surface area (Å²) in [5, 5.41) is 0. The van der Waals surface area contributed by atoms with Crippen molar-refractivity contribution in [2.24, 2.45) is 0 Å². The molecule has 7 heavy (non-hydrogen) atoms. The average molecular weight is 118 g/mol. The number of carbonyl (C=O) groups is 1. The predicted octanol–water partition coefficient (Wildman–Crippen LogP) is 0.972. The molecule has 1 aliphatic heterocycles. The van der Waals surface area contributed by atoms with Gasteiger partial charge in [0.25, 0.3) is 0 Å². The third-order valence-electron chi connectivity index (χ3n) is 0.760. The highest BCUT2D eigenvalue weighted by Gasteiger charge is 2.08. The summed E-state index contributed by atoms with van der Waals surface area (Å²) in [6, 6.07) is 0. The van der Waals surface area contributed by atoms with Crippen molar-refractivity contribution in [1.82, 2.24) is 0 Å². The van der Waals surface area contributed by atoms with E-state index in [-0.39, 0.29) is 5.97 Å². The van der Waals surface area contributed by atoms with Gasteiger partial charge in [-0.1, -0.05) is 0 Å². The maximum absolute atomic E-state index is 10.2. The summed E-state index contributed by atoms with van der Waals surface area (Å²) in [5.41, 5.74) is 0. The van der Waals surface area contributed by atoms with Gasteiger partial charge in [0.2, 0.25) is 0 Å². The summed E-state index contributed by atoms with van der Waals surface area (Å²) >= 11 is 1.25. The van der Waals surface area contributed by atoms with Crippen LogP contribution in [0.4, 0.5) is 0 Å². The number of carbonyl (C=O) groups excluding carboxylic acids is 1. The lowest BCUT2D eigenvalue weighted by Gasteiger charge is -2.05. The van der Waals surface area contributed by atoms with Crippen LogP contribution in [0.15, 0.2) is 0 Å². The second-order valence-electron chi connectivity index (χ2n) is 1.38. The van der Waals surface area contributed by atoms with E-state index in [0.717, 1.165) is 12.2 Å². The van der Waals surface area contributed by atoms with Crippen molar-refractivity contribution in [3.05, 3.63) is 0 Å². The minimum absolute atomic E-state index is 0.0729. The van der Waals surface area contributed by atoms with Crippen LogP contribution in [0, 0.1) is 0 Å². The van der Waals surface area contributed by atoms with Crippen LogP contribution in [-0.2, 0) is 8.98 Å². The van der Waals surface area contributed by atoms with Gasteiger partial charge in [-0.2, -0.15) is 0 Å².